The molecule has 0 unspecified atom stereocenters. The first kappa shape index (κ1) is 26.8. The Labute approximate surface area is 197 Å². The van der Waals surface area contributed by atoms with Crippen molar-refractivity contribution in [2.24, 2.45) is 11.5 Å². The number of primary amides is 1. The van der Waals surface area contributed by atoms with Crippen molar-refractivity contribution in [2.45, 2.75) is 24.9 Å². The highest BCUT2D eigenvalue weighted by Gasteiger charge is 2.30. The van der Waals surface area contributed by atoms with Crippen molar-refractivity contribution in [3.05, 3.63) is 52.5 Å². The van der Waals surface area contributed by atoms with Gasteiger partial charge in [0.15, 0.2) is 0 Å². The van der Waals surface area contributed by atoms with Crippen LogP contribution < -0.4 is 16.2 Å². The van der Waals surface area contributed by atoms with Crippen LogP contribution >= 0.6 is 11.3 Å². The van der Waals surface area contributed by atoms with Gasteiger partial charge in [-0.1, -0.05) is 30.3 Å². The van der Waals surface area contributed by atoms with Crippen LogP contribution in [0.3, 0.4) is 0 Å². The standard InChI is InChI=1S/C14H21N3O4S.C6H9N3OS/c1-16-7-9-17(10-8-16)22(20,21)15-13(14(18)19)11-12-5-3-2-4-6-12;7-5(6(8)10)1-4-2-11-3-9-4/h2-6,13,15H,7-11H2,1H3,(H,18,19);2-3,5H,1,7H2,(H2,8,10)/t13-;5-/m00/s1. The van der Waals surface area contributed by atoms with Crippen molar-refractivity contribution in [1.29, 1.82) is 0 Å². The molecule has 1 fully saturated rings. The first-order valence-electron chi connectivity index (χ1n) is 10.2. The molecular weight excluding hydrogens is 468 g/mol. The third kappa shape index (κ3) is 9.15. The molecule has 2 atom stereocenters. The number of piperazine rings is 1. The van der Waals surface area contributed by atoms with Crippen LogP contribution in [0.1, 0.15) is 11.3 Å². The summed E-state index contributed by atoms with van der Waals surface area (Å²) in [6, 6.07) is 7.18. The summed E-state index contributed by atoms with van der Waals surface area (Å²) in [5.41, 5.74) is 13.7. The van der Waals surface area contributed by atoms with Crippen molar-refractivity contribution in [2.75, 3.05) is 33.2 Å². The molecule has 0 saturated carbocycles. The molecule has 6 N–H and O–H groups in total. The number of thiazole rings is 1. The van der Waals surface area contributed by atoms with Crippen molar-refractivity contribution in [1.82, 2.24) is 18.9 Å². The highest BCUT2D eigenvalue weighted by atomic mass is 32.2. The lowest BCUT2D eigenvalue weighted by molar-refractivity contribution is -0.139. The minimum atomic E-state index is -3.80. The van der Waals surface area contributed by atoms with E-state index in [2.05, 4.69) is 9.71 Å². The number of rotatable bonds is 9. The number of amides is 1. The molecule has 1 aromatic heterocycles. The van der Waals surface area contributed by atoms with Crippen molar-refractivity contribution >= 4 is 33.4 Å². The van der Waals surface area contributed by atoms with Gasteiger partial charge in [-0.3, -0.25) is 9.59 Å². The molecule has 1 aliphatic heterocycles. The lowest BCUT2D eigenvalue weighted by Gasteiger charge is -2.32. The maximum absolute atomic E-state index is 12.3. The second-order valence-corrected chi connectivity index (χ2v) is 10.0. The van der Waals surface area contributed by atoms with Gasteiger partial charge in [0, 0.05) is 38.0 Å². The Bertz CT molecular complexity index is 980. The van der Waals surface area contributed by atoms with Crippen LogP contribution in [0.15, 0.2) is 41.2 Å². The predicted molar refractivity (Wildman–Crippen MR) is 126 cm³/mol. The number of likely N-dealkylation sites (N-methyl/N-ethyl adjacent to an activating group) is 1. The van der Waals surface area contributed by atoms with E-state index in [0.717, 1.165) is 11.3 Å². The molecule has 3 rings (SSSR count). The number of carbonyl (C=O) groups excluding carboxylic acids is 1. The monoisotopic (exact) mass is 498 g/mol. The maximum atomic E-state index is 12.3. The van der Waals surface area contributed by atoms with Crippen molar-refractivity contribution < 1.29 is 23.1 Å². The number of benzene rings is 1. The topological polar surface area (TPSA) is 172 Å². The van der Waals surface area contributed by atoms with Gasteiger partial charge < -0.3 is 21.5 Å². The van der Waals surface area contributed by atoms with Gasteiger partial charge in [0.2, 0.25) is 5.91 Å². The fourth-order valence-corrected chi connectivity index (χ4v) is 4.88. The zero-order chi connectivity index (χ0) is 24.4. The van der Waals surface area contributed by atoms with E-state index < -0.39 is 34.2 Å². The summed E-state index contributed by atoms with van der Waals surface area (Å²) in [5.74, 6) is -1.67. The number of carboxylic acid groups (broad SMARTS) is 1. The van der Waals surface area contributed by atoms with Crippen LogP contribution in [0.5, 0.6) is 0 Å². The van der Waals surface area contributed by atoms with E-state index in [0.29, 0.717) is 32.6 Å². The van der Waals surface area contributed by atoms with Crippen molar-refractivity contribution in [3.63, 3.8) is 0 Å². The predicted octanol–water partition coefficient (Wildman–Crippen LogP) is -0.738. The number of nitrogens with one attached hydrogen (secondary N) is 1. The van der Waals surface area contributed by atoms with E-state index in [1.165, 1.54) is 15.6 Å². The van der Waals surface area contributed by atoms with Crippen molar-refractivity contribution in [3.8, 4) is 0 Å². The molecule has 2 aromatic rings. The minimum absolute atomic E-state index is 0.114. The molecule has 1 saturated heterocycles. The summed E-state index contributed by atoms with van der Waals surface area (Å²) in [5, 5.41) is 11.1. The lowest BCUT2D eigenvalue weighted by Crippen LogP contribution is -2.54. The zero-order valence-corrected chi connectivity index (χ0v) is 20.0. The van der Waals surface area contributed by atoms with Crippen LogP contribution in [0, 0.1) is 0 Å². The molecule has 0 bridgehead atoms. The maximum Gasteiger partial charge on any atom is 0.322 e. The number of nitrogens with two attached hydrogens (primary N) is 2. The van der Waals surface area contributed by atoms with Gasteiger partial charge in [-0.25, -0.2) is 4.98 Å². The first-order valence-corrected chi connectivity index (χ1v) is 12.6. The van der Waals surface area contributed by atoms with Gasteiger partial charge in [-0.05, 0) is 19.0 Å². The molecule has 0 spiro atoms. The molecular formula is C20H30N6O5S2. The van der Waals surface area contributed by atoms with Crippen LogP contribution in [0.25, 0.3) is 0 Å². The molecule has 1 aromatic carbocycles. The summed E-state index contributed by atoms with van der Waals surface area (Å²) < 4.78 is 28.3. The van der Waals surface area contributed by atoms with E-state index in [1.54, 1.807) is 29.8 Å². The summed E-state index contributed by atoms with van der Waals surface area (Å²) in [7, 11) is -1.87. The summed E-state index contributed by atoms with van der Waals surface area (Å²) in [6.45, 7) is 2.00. The Balaban J connectivity index is 0.000000294. The molecule has 0 aliphatic carbocycles. The average Bonchev–Trinajstić information content (AvgIpc) is 3.27. The van der Waals surface area contributed by atoms with Crippen LogP contribution in [0.4, 0.5) is 0 Å². The van der Waals surface area contributed by atoms with Crippen LogP contribution in [-0.2, 0) is 32.6 Å². The Kier molecular flexibility index (Phi) is 10.3. The number of hydrogen-bond acceptors (Lipinski definition) is 8. The third-order valence-electron chi connectivity index (χ3n) is 4.95. The summed E-state index contributed by atoms with van der Waals surface area (Å²) in [6.07, 6.45) is 0.544. The second-order valence-electron chi connectivity index (χ2n) is 7.60. The Morgan fingerprint density at radius 2 is 1.82 bits per heavy atom. The molecule has 2 heterocycles. The molecule has 11 nitrogen and oxygen atoms in total. The fraction of sp³-hybridized carbons (Fsp3) is 0.450. The van der Waals surface area contributed by atoms with Gasteiger partial charge in [0.1, 0.15) is 6.04 Å². The average molecular weight is 499 g/mol. The molecule has 182 valence electrons. The quantitative estimate of drug-likeness (QED) is 0.350. The third-order valence-corrected chi connectivity index (χ3v) is 7.21. The number of hydrogen-bond donors (Lipinski definition) is 4. The van der Waals surface area contributed by atoms with Gasteiger partial charge >= 0.3 is 5.97 Å². The lowest BCUT2D eigenvalue weighted by atomic mass is 10.1. The molecule has 33 heavy (non-hydrogen) atoms. The number of carbonyl (C=O) groups is 2. The number of nitrogens with zero attached hydrogens (tertiary/aromatic N) is 3. The van der Waals surface area contributed by atoms with Gasteiger partial charge in [-0.15, -0.1) is 11.3 Å². The number of aliphatic carboxylic acids is 1. The molecule has 0 radical (unpaired) electrons. The fourth-order valence-electron chi connectivity index (χ4n) is 2.98. The van der Waals surface area contributed by atoms with E-state index in [1.807, 2.05) is 23.4 Å². The van der Waals surface area contributed by atoms with E-state index in [-0.39, 0.29) is 6.42 Å². The molecule has 1 aliphatic rings. The Morgan fingerprint density at radius 1 is 1.18 bits per heavy atom. The highest BCUT2D eigenvalue weighted by molar-refractivity contribution is 7.87. The van der Waals surface area contributed by atoms with Gasteiger partial charge in [-0.2, -0.15) is 17.4 Å². The van der Waals surface area contributed by atoms with Gasteiger partial charge in [0.25, 0.3) is 10.2 Å². The highest BCUT2D eigenvalue weighted by Crippen LogP contribution is 2.09. The van der Waals surface area contributed by atoms with E-state index in [9.17, 15) is 23.1 Å². The zero-order valence-electron chi connectivity index (χ0n) is 18.3. The first-order chi connectivity index (χ1) is 15.6. The summed E-state index contributed by atoms with van der Waals surface area (Å²) >= 11 is 1.47. The number of aromatic nitrogens is 1. The second kappa shape index (κ2) is 12.7. The SMILES string of the molecule is CN1CCN(S(=O)(=O)N[C@@H](Cc2ccccc2)C(=O)O)CC1.NC(=O)[C@@H](N)Cc1cscn1. The molecule has 13 heteroatoms. The largest absolute Gasteiger partial charge is 0.480 e. The minimum Gasteiger partial charge on any atom is -0.480 e. The van der Waals surface area contributed by atoms with Crippen LogP contribution in [-0.4, -0.2) is 84.9 Å². The van der Waals surface area contributed by atoms with Crippen LogP contribution in [0.2, 0.25) is 0 Å². The van der Waals surface area contributed by atoms with E-state index >= 15 is 0 Å². The smallest absolute Gasteiger partial charge is 0.322 e. The normalized spacial score (nSPS) is 16.9. The number of carboxylic acids is 1. The summed E-state index contributed by atoms with van der Waals surface area (Å²) in [4.78, 5) is 27.9. The Morgan fingerprint density at radius 3 is 2.33 bits per heavy atom. The van der Waals surface area contributed by atoms with Gasteiger partial charge in [0.05, 0.1) is 17.2 Å². The Hall–Kier alpha value is -2.42. The van der Waals surface area contributed by atoms with E-state index in [4.69, 9.17) is 11.5 Å². The molecule has 1 amide bonds.